The number of hydrogen-bond donors (Lipinski definition) is 1. The van der Waals surface area contributed by atoms with E-state index in [2.05, 4.69) is 5.32 Å². The maximum atomic E-state index is 13.4. The van der Waals surface area contributed by atoms with Crippen LogP contribution in [-0.4, -0.2) is 57.4 Å². The first-order valence-electron chi connectivity index (χ1n) is 7.04. The van der Waals surface area contributed by atoms with Crippen LogP contribution < -0.4 is 5.32 Å². The van der Waals surface area contributed by atoms with Gasteiger partial charge in [-0.2, -0.15) is 0 Å². The van der Waals surface area contributed by atoms with Crippen LogP contribution >= 0.6 is 0 Å². The third-order valence-corrected chi connectivity index (χ3v) is 3.45. The molecule has 0 spiro atoms. The van der Waals surface area contributed by atoms with Gasteiger partial charge in [0, 0.05) is 26.7 Å². The number of carbonyl (C=O) groups excluding carboxylic acids is 1. The van der Waals surface area contributed by atoms with E-state index in [0.717, 1.165) is 12.1 Å². The van der Waals surface area contributed by atoms with Gasteiger partial charge < -0.3 is 19.7 Å². The molecular formula is C15H21FN2O3. The van der Waals surface area contributed by atoms with Gasteiger partial charge in [0.1, 0.15) is 12.4 Å². The molecule has 0 saturated carbocycles. The van der Waals surface area contributed by atoms with Gasteiger partial charge in [-0.1, -0.05) is 12.1 Å². The Morgan fingerprint density at radius 3 is 3.10 bits per heavy atom. The van der Waals surface area contributed by atoms with Crippen LogP contribution in [0.3, 0.4) is 0 Å². The molecular weight excluding hydrogens is 275 g/mol. The highest BCUT2D eigenvalue weighted by Gasteiger charge is 2.27. The van der Waals surface area contributed by atoms with Crippen LogP contribution in [0.4, 0.5) is 4.39 Å². The Morgan fingerprint density at radius 2 is 2.33 bits per heavy atom. The van der Waals surface area contributed by atoms with Gasteiger partial charge in [0.2, 0.25) is 5.91 Å². The van der Waals surface area contributed by atoms with Crippen molar-refractivity contribution in [2.24, 2.45) is 0 Å². The summed E-state index contributed by atoms with van der Waals surface area (Å²) in [6, 6.07) is 6.22. The van der Waals surface area contributed by atoms with E-state index in [1.807, 2.05) is 6.07 Å². The van der Waals surface area contributed by atoms with Crippen LogP contribution in [0, 0.1) is 5.82 Å². The minimum absolute atomic E-state index is 0.0230. The molecule has 1 N–H and O–H groups in total. The summed E-state index contributed by atoms with van der Waals surface area (Å²) in [5.74, 6) is -0.372. The standard InChI is InChI=1S/C15H21FN2O3/c1-20-7-8-21-11-15(19)18-6-5-17-10-14(18)12-3-2-4-13(16)9-12/h2-4,9,14,17H,5-8,10-11H2,1H3. The van der Waals surface area contributed by atoms with Crippen LogP contribution in [0.25, 0.3) is 0 Å². The fraction of sp³-hybridized carbons (Fsp3) is 0.533. The van der Waals surface area contributed by atoms with Crippen molar-refractivity contribution in [3.8, 4) is 0 Å². The summed E-state index contributed by atoms with van der Waals surface area (Å²) in [6.07, 6.45) is 0. The lowest BCUT2D eigenvalue weighted by atomic mass is 10.0. The van der Waals surface area contributed by atoms with Gasteiger partial charge >= 0.3 is 0 Å². The first-order chi connectivity index (χ1) is 10.2. The highest BCUT2D eigenvalue weighted by molar-refractivity contribution is 5.78. The smallest absolute Gasteiger partial charge is 0.249 e. The van der Waals surface area contributed by atoms with Crippen LogP contribution in [0.1, 0.15) is 11.6 Å². The minimum Gasteiger partial charge on any atom is -0.382 e. The van der Waals surface area contributed by atoms with E-state index in [1.165, 1.54) is 12.1 Å². The normalized spacial score (nSPS) is 18.8. The van der Waals surface area contributed by atoms with Gasteiger partial charge in [-0.15, -0.1) is 0 Å². The van der Waals surface area contributed by atoms with Crippen molar-refractivity contribution < 1.29 is 18.7 Å². The van der Waals surface area contributed by atoms with E-state index in [4.69, 9.17) is 9.47 Å². The summed E-state index contributed by atoms with van der Waals surface area (Å²) in [5, 5.41) is 3.24. The largest absolute Gasteiger partial charge is 0.382 e. The lowest BCUT2D eigenvalue weighted by Gasteiger charge is -2.36. The molecule has 0 radical (unpaired) electrons. The Labute approximate surface area is 124 Å². The number of nitrogens with zero attached hydrogens (tertiary/aromatic N) is 1. The molecule has 0 aliphatic carbocycles. The quantitative estimate of drug-likeness (QED) is 0.795. The summed E-state index contributed by atoms with van der Waals surface area (Å²) >= 11 is 0. The van der Waals surface area contributed by atoms with E-state index in [1.54, 1.807) is 18.1 Å². The van der Waals surface area contributed by atoms with Crippen molar-refractivity contribution in [3.05, 3.63) is 35.6 Å². The Morgan fingerprint density at radius 1 is 1.48 bits per heavy atom. The molecule has 1 fully saturated rings. The molecule has 116 valence electrons. The van der Waals surface area contributed by atoms with Crippen molar-refractivity contribution in [1.29, 1.82) is 0 Å². The third-order valence-electron chi connectivity index (χ3n) is 3.45. The Bertz CT molecular complexity index is 470. The molecule has 1 amide bonds. The predicted molar refractivity (Wildman–Crippen MR) is 76.4 cm³/mol. The van der Waals surface area contributed by atoms with Crippen LogP contribution in [0.5, 0.6) is 0 Å². The number of rotatable bonds is 6. The van der Waals surface area contributed by atoms with Gasteiger partial charge in [-0.05, 0) is 17.7 Å². The van der Waals surface area contributed by atoms with E-state index in [0.29, 0.717) is 26.3 Å². The molecule has 1 aliphatic rings. The Kier molecular flexibility index (Phi) is 6.10. The summed E-state index contributed by atoms with van der Waals surface area (Å²) in [4.78, 5) is 14.0. The SMILES string of the molecule is COCCOCC(=O)N1CCNCC1c1cccc(F)c1. The van der Waals surface area contributed by atoms with Crippen molar-refractivity contribution in [2.45, 2.75) is 6.04 Å². The molecule has 1 atom stereocenters. The molecule has 5 nitrogen and oxygen atoms in total. The molecule has 1 unspecified atom stereocenters. The number of piperazine rings is 1. The summed E-state index contributed by atoms with van der Waals surface area (Å²) in [5.41, 5.74) is 0.799. The number of hydrogen-bond acceptors (Lipinski definition) is 4. The van der Waals surface area contributed by atoms with Crippen LogP contribution in [0.2, 0.25) is 0 Å². The van der Waals surface area contributed by atoms with Crippen molar-refractivity contribution in [2.75, 3.05) is 46.6 Å². The van der Waals surface area contributed by atoms with Crippen molar-refractivity contribution in [3.63, 3.8) is 0 Å². The highest BCUT2D eigenvalue weighted by Crippen LogP contribution is 2.23. The number of benzene rings is 1. The predicted octanol–water partition coefficient (Wildman–Crippen LogP) is 0.962. The first-order valence-corrected chi connectivity index (χ1v) is 7.04. The van der Waals surface area contributed by atoms with E-state index < -0.39 is 0 Å². The van der Waals surface area contributed by atoms with Gasteiger partial charge in [-0.3, -0.25) is 4.79 Å². The lowest BCUT2D eigenvalue weighted by molar-refractivity contribution is -0.140. The first kappa shape index (κ1) is 15.9. The van der Waals surface area contributed by atoms with Gasteiger partial charge in [-0.25, -0.2) is 4.39 Å². The zero-order valence-corrected chi connectivity index (χ0v) is 12.2. The second-order valence-corrected chi connectivity index (χ2v) is 4.91. The maximum absolute atomic E-state index is 13.4. The fourth-order valence-corrected chi connectivity index (χ4v) is 2.40. The fourth-order valence-electron chi connectivity index (χ4n) is 2.40. The molecule has 1 aromatic rings. The topological polar surface area (TPSA) is 50.8 Å². The molecule has 2 rings (SSSR count). The second kappa shape index (κ2) is 8.07. The van der Waals surface area contributed by atoms with E-state index in [-0.39, 0.29) is 24.4 Å². The monoisotopic (exact) mass is 296 g/mol. The summed E-state index contributed by atoms with van der Waals surface area (Å²) < 4.78 is 23.5. The molecule has 0 aromatic heterocycles. The number of nitrogens with one attached hydrogen (secondary N) is 1. The number of carbonyl (C=O) groups is 1. The molecule has 0 bridgehead atoms. The molecule has 6 heteroatoms. The van der Waals surface area contributed by atoms with Gasteiger partial charge in [0.05, 0.1) is 19.3 Å². The van der Waals surface area contributed by atoms with Crippen LogP contribution in [0.15, 0.2) is 24.3 Å². The molecule has 21 heavy (non-hydrogen) atoms. The van der Waals surface area contributed by atoms with Crippen LogP contribution in [-0.2, 0) is 14.3 Å². The average Bonchev–Trinajstić information content (AvgIpc) is 2.51. The number of halogens is 1. The Balaban J connectivity index is 2.00. The lowest BCUT2D eigenvalue weighted by Crippen LogP contribution is -2.49. The molecule has 1 aliphatic heterocycles. The Hall–Kier alpha value is -1.50. The molecule has 1 heterocycles. The zero-order valence-electron chi connectivity index (χ0n) is 12.2. The van der Waals surface area contributed by atoms with Crippen molar-refractivity contribution in [1.82, 2.24) is 10.2 Å². The number of methoxy groups -OCH3 is 1. The summed E-state index contributed by atoms with van der Waals surface area (Å²) in [7, 11) is 1.58. The van der Waals surface area contributed by atoms with E-state index >= 15 is 0 Å². The molecule has 1 saturated heterocycles. The van der Waals surface area contributed by atoms with Gasteiger partial charge in [0.15, 0.2) is 0 Å². The van der Waals surface area contributed by atoms with Gasteiger partial charge in [0.25, 0.3) is 0 Å². The number of ether oxygens (including phenoxy) is 2. The molecule has 1 aromatic carbocycles. The maximum Gasteiger partial charge on any atom is 0.249 e. The second-order valence-electron chi connectivity index (χ2n) is 4.91. The highest BCUT2D eigenvalue weighted by atomic mass is 19.1. The zero-order chi connectivity index (χ0) is 15.1. The summed E-state index contributed by atoms with van der Waals surface area (Å²) in [6.45, 7) is 2.81. The van der Waals surface area contributed by atoms with Crippen molar-refractivity contribution >= 4 is 5.91 Å². The number of amides is 1. The van der Waals surface area contributed by atoms with E-state index in [9.17, 15) is 9.18 Å². The minimum atomic E-state index is -0.290. The third kappa shape index (κ3) is 4.49. The average molecular weight is 296 g/mol.